The molecule has 1 heterocycles. The van der Waals surface area contributed by atoms with Crippen LogP contribution in [0.4, 0.5) is 0 Å². The summed E-state index contributed by atoms with van der Waals surface area (Å²) >= 11 is 0. The molecule has 2 unspecified atom stereocenters. The lowest BCUT2D eigenvalue weighted by atomic mass is 10.1. The highest BCUT2D eigenvalue weighted by Crippen LogP contribution is 2.33. The number of hydrogen-bond acceptors (Lipinski definition) is 3. The Morgan fingerprint density at radius 1 is 1.58 bits per heavy atom. The number of ketones is 1. The van der Waals surface area contributed by atoms with Gasteiger partial charge in [0.15, 0.2) is 5.78 Å². The average molecular weight is 164 g/mol. The van der Waals surface area contributed by atoms with Crippen LogP contribution < -0.4 is 0 Å². The molecule has 0 spiro atoms. The minimum absolute atomic E-state index is 0.0119. The molecule has 3 heteroatoms. The number of hydrogen-bond donors (Lipinski definition) is 0. The van der Waals surface area contributed by atoms with Gasteiger partial charge in [-0.1, -0.05) is 0 Å². The van der Waals surface area contributed by atoms with E-state index >= 15 is 0 Å². The van der Waals surface area contributed by atoms with Crippen molar-refractivity contribution in [2.75, 3.05) is 6.54 Å². The maximum atomic E-state index is 11.4. The van der Waals surface area contributed by atoms with Crippen molar-refractivity contribution in [3.05, 3.63) is 0 Å². The van der Waals surface area contributed by atoms with Gasteiger partial charge in [0, 0.05) is 12.6 Å². The van der Waals surface area contributed by atoms with Crippen molar-refractivity contribution in [2.24, 2.45) is 5.92 Å². The second-order valence-corrected chi connectivity index (χ2v) is 3.69. The molecule has 2 aliphatic rings. The Balaban J connectivity index is 2.11. The molecule has 2 rings (SSSR count). The lowest BCUT2D eigenvalue weighted by Crippen LogP contribution is -2.31. The topological polar surface area (TPSA) is 44.1 Å². The van der Waals surface area contributed by atoms with Crippen LogP contribution in [0.1, 0.15) is 19.8 Å². The molecule has 1 saturated carbocycles. The fourth-order valence-corrected chi connectivity index (χ4v) is 1.89. The van der Waals surface area contributed by atoms with Gasteiger partial charge in [0.05, 0.1) is 12.1 Å². The summed E-state index contributed by atoms with van der Waals surface area (Å²) in [5.74, 6) is -0.245. The van der Waals surface area contributed by atoms with E-state index in [1.54, 1.807) is 0 Å². The molecule has 2 atom stereocenters. The number of nitriles is 1. The molecular formula is C9H12N2O. The van der Waals surface area contributed by atoms with E-state index in [-0.39, 0.29) is 17.7 Å². The van der Waals surface area contributed by atoms with Crippen LogP contribution in [0.15, 0.2) is 0 Å². The van der Waals surface area contributed by atoms with E-state index in [0.717, 1.165) is 0 Å². The molecule has 1 aliphatic carbocycles. The van der Waals surface area contributed by atoms with Gasteiger partial charge in [0.25, 0.3) is 0 Å². The molecule has 0 radical (unpaired) electrons. The van der Waals surface area contributed by atoms with Crippen LogP contribution >= 0.6 is 0 Å². The van der Waals surface area contributed by atoms with E-state index < -0.39 is 0 Å². The number of carbonyl (C=O) groups excluding carboxylic acids is 1. The second-order valence-electron chi connectivity index (χ2n) is 3.69. The van der Waals surface area contributed by atoms with Crippen LogP contribution in [-0.4, -0.2) is 29.3 Å². The van der Waals surface area contributed by atoms with Crippen LogP contribution in [0.3, 0.4) is 0 Å². The van der Waals surface area contributed by atoms with E-state index in [0.29, 0.717) is 12.6 Å². The normalized spacial score (nSPS) is 36.8. The number of likely N-dealkylation sites (tertiary alicyclic amines) is 1. The van der Waals surface area contributed by atoms with Crippen molar-refractivity contribution in [3.63, 3.8) is 0 Å². The maximum absolute atomic E-state index is 11.4. The third-order valence-corrected chi connectivity index (χ3v) is 2.82. The van der Waals surface area contributed by atoms with Gasteiger partial charge < -0.3 is 0 Å². The predicted octanol–water partition coefficient (Wildman–Crippen LogP) is 0.562. The van der Waals surface area contributed by atoms with Gasteiger partial charge in [0.1, 0.15) is 5.92 Å². The number of rotatable bonds is 1. The summed E-state index contributed by atoms with van der Waals surface area (Å²) in [6, 6.07) is 2.65. The molecule has 0 bridgehead atoms. The quantitative estimate of drug-likeness (QED) is 0.569. The molecule has 64 valence electrons. The predicted molar refractivity (Wildman–Crippen MR) is 43.3 cm³/mol. The average Bonchev–Trinajstić information content (AvgIpc) is 2.84. The summed E-state index contributed by atoms with van der Waals surface area (Å²) in [6.45, 7) is 2.58. The maximum Gasteiger partial charge on any atom is 0.168 e. The standard InChI is InChI=1S/C9H12N2O/c1-6-9(12)7(4-10)5-11(6)8-2-3-8/h6-8H,2-3,5H2,1H3. The van der Waals surface area contributed by atoms with Crippen molar-refractivity contribution in [1.29, 1.82) is 5.26 Å². The van der Waals surface area contributed by atoms with E-state index in [1.807, 2.05) is 6.92 Å². The van der Waals surface area contributed by atoms with Crippen LogP contribution in [0.25, 0.3) is 0 Å². The summed E-state index contributed by atoms with van der Waals surface area (Å²) in [5.41, 5.74) is 0. The van der Waals surface area contributed by atoms with Crippen molar-refractivity contribution in [3.8, 4) is 6.07 Å². The second kappa shape index (κ2) is 2.56. The zero-order valence-electron chi connectivity index (χ0n) is 7.16. The zero-order valence-corrected chi connectivity index (χ0v) is 7.16. The summed E-state index contributed by atoms with van der Waals surface area (Å²) < 4.78 is 0. The first-order chi connectivity index (χ1) is 5.74. The molecule has 0 aromatic rings. The smallest absolute Gasteiger partial charge is 0.168 e. The molecule has 1 aliphatic heterocycles. The van der Waals surface area contributed by atoms with E-state index in [9.17, 15) is 4.79 Å². The van der Waals surface area contributed by atoms with E-state index in [2.05, 4.69) is 11.0 Å². The van der Waals surface area contributed by atoms with Gasteiger partial charge >= 0.3 is 0 Å². The van der Waals surface area contributed by atoms with Crippen molar-refractivity contribution in [2.45, 2.75) is 31.8 Å². The number of carbonyl (C=O) groups is 1. The molecule has 1 saturated heterocycles. The fourth-order valence-electron chi connectivity index (χ4n) is 1.89. The van der Waals surface area contributed by atoms with E-state index in [4.69, 9.17) is 5.26 Å². The molecule has 0 N–H and O–H groups in total. The van der Waals surface area contributed by atoms with Crippen molar-refractivity contribution in [1.82, 2.24) is 4.90 Å². The Bertz CT molecular complexity index is 252. The molecule has 3 nitrogen and oxygen atoms in total. The number of nitrogens with zero attached hydrogens (tertiary/aromatic N) is 2. The highest BCUT2D eigenvalue weighted by Gasteiger charge is 2.44. The highest BCUT2D eigenvalue weighted by atomic mass is 16.1. The lowest BCUT2D eigenvalue weighted by molar-refractivity contribution is -0.121. The SMILES string of the molecule is CC1C(=O)C(C#N)CN1C1CC1. The van der Waals surface area contributed by atoms with Gasteiger partial charge in [-0.05, 0) is 19.8 Å². The molecular weight excluding hydrogens is 152 g/mol. The first-order valence-corrected chi connectivity index (χ1v) is 4.43. The Morgan fingerprint density at radius 3 is 2.67 bits per heavy atom. The van der Waals surface area contributed by atoms with E-state index in [1.165, 1.54) is 12.8 Å². The molecule has 0 aromatic carbocycles. The third-order valence-electron chi connectivity index (χ3n) is 2.82. The van der Waals surface area contributed by atoms with Gasteiger partial charge in [0.2, 0.25) is 0 Å². The minimum Gasteiger partial charge on any atom is -0.296 e. The van der Waals surface area contributed by atoms with Gasteiger partial charge in [-0.3, -0.25) is 9.69 Å². The first kappa shape index (κ1) is 7.75. The Hall–Kier alpha value is -0.880. The van der Waals surface area contributed by atoms with Crippen LogP contribution in [0.2, 0.25) is 0 Å². The fraction of sp³-hybridized carbons (Fsp3) is 0.778. The van der Waals surface area contributed by atoms with Crippen LogP contribution in [0, 0.1) is 17.2 Å². The van der Waals surface area contributed by atoms with Crippen LogP contribution in [0.5, 0.6) is 0 Å². The minimum atomic E-state index is -0.361. The van der Waals surface area contributed by atoms with Crippen molar-refractivity contribution >= 4 is 5.78 Å². The molecule has 0 amide bonds. The number of Topliss-reactive ketones (excluding diaryl/α,β-unsaturated/α-hetero) is 1. The Morgan fingerprint density at radius 2 is 2.25 bits per heavy atom. The zero-order chi connectivity index (χ0) is 8.72. The van der Waals surface area contributed by atoms with Crippen LogP contribution in [-0.2, 0) is 4.79 Å². The summed E-state index contributed by atoms with van der Waals surface area (Å²) in [4.78, 5) is 13.6. The largest absolute Gasteiger partial charge is 0.296 e. The van der Waals surface area contributed by atoms with Crippen molar-refractivity contribution < 1.29 is 4.79 Å². The highest BCUT2D eigenvalue weighted by molar-refractivity contribution is 5.90. The molecule has 2 fully saturated rings. The van der Waals surface area contributed by atoms with Gasteiger partial charge in [-0.15, -0.1) is 0 Å². The molecule has 0 aromatic heterocycles. The molecule has 12 heavy (non-hydrogen) atoms. The summed E-state index contributed by atoms with van der Waals surface area (Å²) in [6.07, 6.45) is 2.41. The third kappa shape index (κ3) is 1.03. The Kier molecular flexibility index (Phi) is 1.66. The monoisotopic (exact) mass is 164 g/mol. The lowest BCUT2D eigenvalue weighted by Gasteiger charge is -2.17. The Labute approximate surface area is 72.0 Å². The van der Waals surface area contributed by atoms with Gasteiger partial charge in [-0.25, -0.2) is 0 Å². The summed E-state index contributed by atoms with van der Waals surface area (Å²) in [7, 11) is 0. The summed E-state index contributed by atoms with van der Waals surface area (Å²) in [5, 5.41) is 8.68. The van der Waals surface area contributed by atoms with Gasteiger partial charge in [-0.2, -0.15) is 5.26 Å². The first-order valence-electron chi connectivity index (χ1n) is 4.43.